The molecule has 2 rings (SSSR count). The van der Waals surface area contributed by atoms with Crippen molar-refractivity contribution in [2.75, 3.05) is 11.9 Å². The van der Waals surface area contributed by atoms with Gasteiger partial charge in [-0.05, 0) is 57.6 Å². The second-order valence-electron chi connectivity index (χ2n) is 3.64. The van der Waals surface area contributed by atoms with Gasteiger partial charge in [-0.1, -0.05) is 0 Å². The molecule has 7 heteroatoms. The lowest BCUT2D eigenvalue weighted by molar-refractivity contribution is 0.504. The average Bonchev–Trinajstić information content (AvgIpc) is 2.39. The van der Waals surface area contributed by atoms with E-state index in [4.69, 9.17) is 0 Å². The Kier molecular flexibility index (Phi) is 4.67. The third-order valence-corrected chi connectivity index (χ3v) is 3.93. The minimum Gasteiger partial charge on any atom is -0.369 e. The zero-order valence-electron chi connectivity index (χ0n) is 9.85. The van der Waals surface area contributed by atoms with Crippen molar-refractivity contribution >= 4 is 44.3 Å². The maximum atomic E-state index is 13.5. The number of benzene rings is 1. The number of nitrogens with one attached hydrogen (secondary N) is 1. The molecule has 0 spiro atoms. The Bertz CT molecular complexity index is 622. The number of halogens is 4. The van der Waals surface area contributed by atoms with E-state index in [9.17, 15) is 8.78 Å². The standard InChI is InChI=1S/C12H9BrF2IN3/c1-2-17-12-8(16)5-18-11(19-12)6-3-4-7(14)10(15)9(6)13/h3-5H,2H2,1H3,(H,17,18,19). The molecule has 0 aliphatic rings. The highest BCUT2D eigenvalue weighted by Crippen LogP contribution is 2.30. The molecule has 1 N–H and O–H groups in total. The van der Waals surface area contributed by atoms with E-state index in [-0.39, 0.29) is 4.47 Å². The van der Waals surface area contributed by atoms with Crippen LogP contribution in [0, 0.1) is 15.2 Å². The van der Waals surface area contributed by atoms with Crippen molar-refractivity contribution < 1.29 is 8.78 Å². The summed E-state index contributed by atoms with van der Waals surface area (Å²) in [7, 11) is 0. The lowest BCUT2D eigenvalue weighted by atomic mass is 10.2. The Hall–Kier alpha value is -0.830. The molecule has 0 fully saturated rings. The van der Waals surface area contributed by atoms with Crippen LogP contribution < -0.4 is 5.32 Å². The second kappa shape index (κ2) is 6.08. The molecule has 0 aliphatic carbocycles. The first-order valence-corrected chi connectivity index (χ1v) is 7.32. The van der Waals surface area contributed by atoms with Gasteiger partial charge in [0.2, 0.25) is 0 Å². The van der Waals surface area contributed by atoms with Gasteiger partial charge in [0.15, 0.2) is 17.5 Å². The van der Waals surface area contributed by atoms with Crippen molar-refractivity contribution in [1.29, 1.82) is 0 Å². The Morgan fingerprint density at radius 3 is 2.79 bits per heavy atom. The molecule has 0 unspecified atom stereocenters. The van der Waals surface area contributed by atoms with Crippen LogP contribution in [0.2, 0.25) is 0 Å². The van der Waals surface area contributed by atoms with E-state index in [1.807, 2.05) is 6.92 Å². The number of nitrogens with zero attached hydrogens (tertiary/aromatic N) is 2. The van der Waals surface area contributed by atoms with Crippen molar-refractivity contribution in [3.8, 4) is 11.4 Å². The first-order valence-electron chi connectivity index (χ1n) is 5.44. The fourth-order valence-electron chi connectivity index (χ4n) is 1.49. The Morgan fingerprint density at radius 1 is 1.37 bits per heavy atom. The predicted molar refractivity (Wildman–Crippen MR) is 82.0 cm³/mol. The topological polar surface area (TPSA) is 37.8 Å². The zero-order chi connectivity index (χ0) is 14.0. The van der Waals surface area contributed by atoms with E-state index in [0.29, 0.717) is 23.8 Å². The van der Waals surface area contributed by atoms with Crippen LogP contribution in [0.5, 0.6) is 0 Å². The van der Waals surface area contributed by atoms with Crippen LogP contribution in [0.3, 0.4) is 0 Å². The van der Waals surface area contributed by atoms with Gasteiger partial charge in [-0.3, -0.25) is 0 Å². The first kappa shape index (κ1) is 14.6. The largest absolute Gasteiger partial charge is 0.369 e. The summed E-state index contributed by atoms with van der Waals surface area (Å²) in [6.45, 7) is 2.66. The van der Waals surface area contributed by atoms with Gasteiger partial charge in [-0.2, -0.15) is 0 Å². The highest BCUT2D eigenvalue weighted by Gasteiger charge is 2.15. The molecule has 0 aliphatic heterocycles. The lowest BCUT2D eigenvalue weighted by Crippen LogP contribution is -2.04. The Labute approximate surface area is 131 Å². The minimum absolute atomic E-state index is 0.0242. The fraction of sp³-hybridized carbons (Fsp3) is 0.167. The molecule has 0 saturated heterocycles. The number of hydrogen-bond donors (Lipinski definition) is 1. The van der Waals surface area contributed by atoms with E-state index >= 15 is 0 Å². The highest BCUT2D eigenvalue weighted by molar-refractivity contribution is 14.1. The molecule has 2 aromatic rings. The molecule has 3 nitrogen and oxygen atoms in total. The zero-order valence-corrected chi connectivity index (χ0v) is 13.6. The van der Waals surface area contributed by atoms with Gasteiger partial charge in [-0.25, -0.2) is 18.7 Å². The lowest BCUT2D eigenvalue weighted by Gasteiger charge is -2.09. The molecule has 100 valence electrons. The normalized spacial score (nSPS) is 10.6. The van der Waals surface area contributed by atoms with Gasteiger partial charge < -0.3 is 5.32 Å². The van der Waals surface area contributed by atoms with Crippen LogP contribution in [-0.4, -0.2) is 16.5 Å². The summed E-state index contributed by atoms with van der Waals surface area (Å²) in [5, 5.41) is 3.09. The summed E-state index contributed by atoms with van der Waals surface area (Å²) in [6, 6.07) is 2.50. The summed E-state index contributed by atoms with van der Waals surface area (Å²) in [5.41, 5.74) is 0.412. The third kappa shape index (κ3) is 3.02. The summed E-state index contributed by atoms with van der Waals surface area (Å²) in [6.07, 6.45) is 1.63. The predicted octanol–water partition coefficient (Wildman–Crippen LogP) is 4.22. The van der Waals surface area contributed by atoms with E-state index in [2.05, 4.69) is 53.8 Å². The molecule has 1 aromatic carbocycles. The molecule has 19 heavy (non-hydrogen) atoms. The molecule has 0 saturated carbocycles. The molecule has 1 aromatic heterocycles. The van der Waals surface area contributed by atoms with Crippen molar-refractivity contribution in [3.63, 3.8) is 0 Å². The smallest absolute Gasteiger partial charge is 0.173 e. The maximum Gasteiger partial charge on any atom is 0.173 e. The van der Waals surface area contributed by atoms with Crippen LogP contribution in [0.15, 0.2) is 22.8 Å². The van der Waals surface area contributed by atoms with Crippen molar-refractivity contribution in [2.45, 2.75) is 6.92 Å². The number of hydrogen-bond acceptors (Lipinski definition) is 3. The molecule has 1 heterocycles. The molecule has 0 bridgehead atoms. The first-order chi connectivity index (χ1) is 9.04. The van der Waals surface area contributed by atoms with Gasteiger partial charge >= 0.3 is 0 Å². The molecule has 0 radical (unpaired) electrons. The van der Waals surface area contributed by atoms with E-state index in [1.54, 1.807) is 6.20 Å². The van der Waals surface area contributed by atoms with E-state index in [1.165, 1.54) is 6.07 Å². The van der Waals surface area contributed by atoms with Crippen LogP contribution >= 0.6 is 38.5 Å². The summed E-state index contributed by atoms with van der Waals surface area (Å²) in [4.78, 5) is 8.46. The molecule has 0 atom stereocenters. The van der Waals surface area contributed by atoms with Gasteiger partial charge in [0.05, 0.1) is 8.04 Å². The maximum absolute atomic E-state index is 13.5. The van der Waals surface area contributed by atoms with Crippen molar-refractivity contribution in [1.82, 2.24) is 9.97 Å². The van der Waals surface area contributed by atoms with Crippen molar-refractivity contribution in [2.24, 2.45) is 0 Å². The number of aromatic nitrogens is 2. The van der Waals surface area contributed by atoms with E-state index in [0.717, 1.165) is 9.64 Å². The van der Waals surface area contributed by atoms with Gasteiger partial charge in [0, 0.05) is 18.3 Å². The number of anilines is 1. The van der Waals surface area contributed by atoms with Gasteiger partial charge in [0.1, 0.15) is 5.82 Å². The summed E-state index contributed by atoms with van der Waals surface area (Å²) in [5.74, 6) is -0.843. The second-order valence-corrected chi connectivity index (χ2v) is 5.60. The van der Waals surface area contributed by atoms with Gasteiger partial charge in [0.25, 0.3) is 0 Å². The molecular formula is C12H9BrF2IN3. The summed E-state index contributed by atoms with van der Waals surface area (Å²) >= 11 is 5.14. The fourth-order valence-corrected chi connectivity index (χ4v) is 2.44. The third-order valence-electron chi connectivity index (χ3n) is 2.36. The Balaban J connectivity index is 2.53. The summed E-state index contributed by atoms with van der Waals surface area (Å²) < 4.78 is 27.5. The quantitative estimate of drug-likeness (QED) is 0.574. The van der Waals surface area contributed by atoms with Crippen molar-refractivity contribution in [3.05, 3.63) is 38.0 Å². The molecular weight excluding hydrogens is 431 g/mol. The van der Waals surface area contributed by atoms with Crippen LogP contribution in [0.25, 0.3) is 11.4 Å². The Morgan fingerprint density at radius 2 is 2.11 bits per heavy atom. The SMILES string of the molecule is CCNc1nc(-c2ccc(F)c(F)c2Br)ncc1I. The van der Waals surface area contributed by atoms with Crippen LogP contribution in [0.4, 0.5) is 14.6 Å². The van der Waals surface area contributed by atoms with Gasteiger partial charge in [-0.15, -0.1) is 0 Å². The molecule has 0 amide bonds. The van der Waals surface area contributed by atoms with Crippen LogP contribution in [0.1, 0.15) is 6.92 Å². The van der Waals surface area contributed by atoms with E-state index < -0.39 is 11.6 Å². The number of rotatable bonds is 3. The monoisotopic (exact) mass is 439 g/mol. The van der Waals surface area contributed by atoms with Crippen LogP contribution in [-0.2, 0) is 0 Å². The highest BCUT2D eigenvalue weighted by atomic mass is 127. The minimum atomic E-state index is -0.940. The average molecular weight is 440 g/mol.